The van der Waals surface area contributed by atoms with Gasteiger partial charge in [-0.1, -0.05) is 0 Å². The van der Waals surface area contributed by atoms with E-state index in [4.69, 9.17) is 11.5 Å². The summed E-state index contributed by atoms with van der Waals surface area (Å²) in [4.78, 5) is 10.00. The maximum absolute atomic E-state index is 13.4. The number of anilines is 1. The summed E-state index contributed by atoms with van der Waals surface area (Å²) in [7, 11) is -3.94. The molecule has 0 aliphatic heterocycles. The van der Waals surface area contributed by atoms with Crippen LogP contribution in [0.25, 0.3) is 0 Å². The van der Waals surface area contributed by atoms with Crippen molar-refractivity contribution >= 4 is 21.6 Å². The van der Waals surface area contributed by atoms with Crippen molar-refractivity contribution in [2.45, 2.75) is 24.2 Å². The molecule has 6 nitrogen and oxygen atoms in total. The molecule has 0 bridgehead atoms. The lowest BCUT2D eigenvalue weighted by Gasteiger charge is -2.08. The number of unbranched alkanes of at least 4 members (excludes halogenated alkanes) is 1. The molecule has 1 aromatic carbocycles. The van der Waals surface area contributed by atoms with E-state index in [1.807, 2.05) is 0 Å². The Labute approximate surface area is 111 Å². The molecule has 8 heteroatoms. The predicted molar refractivity (Wildman–Crippen MR) is 69.0 cm³/mol. The lowest BCUT2D eigenvalue weighted by atomic mass is 10.2. The number of carbonyl (C=O) groups excluding carboxylic acids is 1. The summed E-state index contributed by atoms with van der Waals surface area (Å²) < 4.78 is 39.3. The first-order valence-corrected chi connectivity index (χ1v) is 7.14. The van der Waals surface area contributed by atoms with Gasteiger partial charge in [-0.15, -0.1) is 0 Å². The number of hydrogen-bond donors (Lipinski definition) is 3. The number of halogens is 1. The summed E-state index contributed by atoms with van der Waals surface area (Å²) in [6, 6.07) is 3.33. The van der Waals surface area contributed by atoms with Crippen molar-refractivity contribution in [3.8, 4) is 0 Å². The topological polar surface area (TPSA) is 115 Å². The van der Waals surface area contributed by atoms with Crippen molar-refractivity contribution in [2.75, 3.05) is 12.3 Å². The molecule has 0 aliphatic carbocycles. The number of carbonyl (C=O) groups is 1. The Balaban J connectivity index is 2.61. The fourth-order valence-electron chi connectivity index (χ4n) is 1.43. The largest absolute Gasteiger partial charge is 0.399 e. The zero-order valence-electron chi connectivity index (χ0n) is 10.2. The van der Waals surface area contributed by atoms with Gasteiger partial charge in [0, 0.05) is 18.7 Å². The molecule has 1 rings (SSSR count). The molecular weight excluding hydrogens is 273 g/mol. The molecule has 0 atom stereocenters. The highest BCUT2D eigenvalue weighted by molar-refractivity contribution is 7.89. The third-order valence-corrected chi connectivity index (χ3v) is 3.86. The van der Waals surface area contributed by atoms with Crippen LogP contribution in [0.1, 0.15) is 19.3 Å². The Hall–Kier alpha value is -1.67. The Morgan fingerprint density at radius 2 is 2.00 bits per heavy atom. The molecule has 5 N–H and O–H groups in total. The summed E-state index contributed by atoms with van der Waals surface area (Å²) in [5, 5.41) is 0. The van der Waals surface area contributed by atoms with E-state index in [0.29, 0.717) is 12.8 Å². The third-order valence-electron chi connectivity index (χ3n) is 2.39. The van der Waals surface area contributed by atoms with E-state index in [1.165, 1.54) is 6.07 Å². The molecular formula is C11H16FN3O3S. The number of hydrogen-bond acceptors (Lipinski definition) is 4. The van der Waals surface area contributed by atoms with Gasteiger partial charge in [0.1, 0.15) is 10.7 Å². The van der Waals surface area contributed by atoms with E-state index in [-0.39, 0.29) is 18.7 Å². The molecule has 1 aromatic rings. The summed E-state index contributed by atoms with van der Waals surface area (Å²) in [5.41, 5.74) is 10.5. The highest BCUT2D eigenvalue weighted by Gasteiger charge is 2.18. The van der Waals surface area contributed by atoms with Crippen molar-refractivity contribution < 1.29 is 17.6 Å². The molecule has 0 fully saturated rings. The van der Waals surface area contributed by atoms with Gasteiger partial charge in [-0.3, -0.25) is 4.79 Å². The van der Waals surface area contributed by atoms with E-state index in [2.05, 4.69) is 4.72 Å². The zero-order chi connectivity index (χ0) is 14.5. The minimum Gasteiger partial charge on any atom is -0.399 e. The highest BCUT2D eigenvalue weighted by Crippen LogP contribution is 2.17. The SMILES string of the molecule is NC(=O)CCCCNS(=O)(=O)c1cc(N)ccc1F. The Bertz CT molecular complexity index is 560. The minimum absolute atomic E-state index is 0.101. The maximum atomic E-state index is 13.4. The summed E-state index contributed by atoms with van der Waals surface area (Å²) in [5.74, 6) is -1.30. The lowest BCUT2D eigenvalue weighted by molar-refractivity contribution is -0.118. The van der Waals surface area contributed by atoms with Crippen LogP contribution in [0.5, 0.6) is 0 Å². The van der Waals surface area contributed by atoms with Crippen molar-refractivity contribution in [3.63, 3.8) is 0 Å². The molecule has 0 unspecified atom stereocenters. The average Bonchev–Trinajstić information content (AvgIpc) is 2.31. The van der Waals surface area contributed by atoms with Crippen LogP contribution in [-0.4, -0.2) is 20.9 Å². The number of amides is 1. The Morgan fingerprint density at radius 1 is 1.32 bits per heavy atom. The van der Waals surface area contributed by atoms with Gasteiger partial charge in [-0.2, -0.15) is 0 Å². The van der Waals surface area contributed by atoms with Gasteiger partial charge in [-0.25, -0.2) is 17.5 Å². The van der Waals surface area contributed by atoms with Crippen LogP contribution < -0.4 is 16.2 Å². The molecule has 0 aliphatic rings. The summed E-state index contributed by atoms with van der Waals surface area (Å²) in [6.07, 6.45) is 1.09. The number of primary amides is 1. The van der Waals surface area contributed by atoms with E-state index in [1.54, 1.807) is 0 Å². The Kier molecular flexibility index (Phi) is 5.25. The third kappa shape index (κ3) is 4.84. The number of nitrogens with one attached hydrogen (secondary N) is 1. The van der Waals surface area contributed by atoms with Gasteiger partial charge in [0.2, 0.25) is 15.9 Å². The first-order chi connectivity index (χ1) is 8.83. The second-order valence-corrected chi connectivity index (χ2v) is 5.75. The summed E-state index contributed by atoms with van der Waals surface area (Å²) in [6.45, 7) is 0.101. The maximum Gasteiger partial charge on any atom is 0.243 e. The molecule has 1 amide bonds. The fourth-order valence-corrected chi connectivity index (χ4v) is 2.62. The first kappa shape index (κ1) is 15.4. The lowest BCUT2D eigenvalue weighted by Crippen LogP contribution is -2.26. The van der Waals surface area contributed by atoms with Crippen LogP contribution >= 0.6 is 0 Å². The molecule has 0 saturated heterocycles. The van der Waals surface area contributed by atoms with Crippen LogP contribution in [0.2, 0.25) is 0 Å². The van der Waals surface area contributed by atoms with Crippen LogP contribution in [0.3, 0.4) is 0 Å². The molecule has 0 heterocycles. The number of benzene rings is 1. The molecule has 0 radical (unpaired) electrons. The van der Waals surface area contributed by atoms with Crippen molar-refractivity contribution in [3.05, 3.63) is 24.0 Å². The predicted octanol–water partition coefficient (Wildman–Crippen LogP) is 0.342. The van der Waals surface area contributed by atoms with Crippen LogP contribution in [-0.2, 0) is 14.8 Å². The van der Waals surface area contributed by atoms with Gasteiger partial charge >= 0.3 is 0 Å². The number of rotatable bonds is 7. The normalized spacial score (nSPS) is 11.4. The van der Waals surface area contributed by atoms with E-state index in [0.717, 1.165) is 12.1 Å². The summed E-state index contributed by atoms with van der Waals surface area (Å²) >= 11 is 0. The molecule has 0 spiro atoms. The quantitative estimate of drug-likeness (QED) is 0.496. The second kappa shape index (κ2) is 6.48. The average molecular weight is 289 g/mol. The monoisotopic (exact) mass is 289 g/mol. The van der Waals surface area contributed by atoms with Crippen molar-refractivity contribution in [2.24, 2.45) is 5.73 Å². The standard InChI is InChI=1S/C11H16FN3O3S/c12-9-5-4-8(13)7-10(9)19(17,18)15-6-2-1-3-11(14)16/h4-5,7,15H,1-3,6,13H2,(H2,14,16). The van der Waals surface area contributed by atoms with Crippen molar-refractivity contribution in [1.29, 1.82) is 0 Å². The van der Waals surface area contributed by atoms with E-state index < -0.39 is 26.6 Å². The number of sulfonamides is 1. The minimum atomic E-state index is -3.94. The number of nitrogen functional groups attached to an aromatic ring is 1. The second-order valence-electron chi connectivity index (χ2n) is 4.01. The van der Waals surface area contributed by atoms with Gasteiger partial charge < -0.3 is 11.5 Å². The van der Waals surface area contributed by atoms with E-state index in [9.17, 15) is 17.6 Å². The smallest absolute Gasteiger partial charge is 0.243 e. The first-order valence-electron chi connectivity index (χ1n) is 5.66. The van der Waals surface area contributed by atoms with E-state index >= 15 is 0 Å². The molecule has 0 aromatic heterocycles. The van der Waals surface area contributed by atoms with Gasteiger partial charge in [-0.05, 0) is 31.0 Å². The van der Waals surface area contributed by atoms with Crippen LogP contribution in [0.4, 0.5) is 10.1 Å². The van der Waals surface area contributed by atoms with Gasteiger partial charge in [0.25, 0.3) is 0 Å². The van der Waals surface area contributed by atoms with Gasteiger partial charge in [0.15, 0.2) is 0 Å². The zero-order valence-corrected chi connectivity index (χ0v) is 11.0. The van der Waals surface area contributed by atoms with Crippen LogP contribution in [0, 0.1) is 5.82 Å². The Morgan fingerprint density at radius 3 is 2.63 bits per heavy atom. The fraction of sp³-hybridized carbons (Fsp3) is 0.364. The number of nitrogens with two attached hydrogens (primary N) is 2. The van der Waals surface area contributed by atoms with Crippen LogP contribution in [0.15, 0.2) is 23.1 Å². The molecule has 0 saturated carbocycles. The molecule has 19 heavy (non-hydrogen) atoms. The van der Waals surface area contributed by atoms with Crippen molar-refractivity contribution in [1.82, 2.24) is 4.72 Å². The molecule has 106 valence electrons. The van der Waals surface area contributed by atoms with Gasteiger partial charge in [0.05, 0.1) is 0 Å². The highest BCUT2D eigenvalue weighted by atomic mass is 32.2.